The van der Waals surface area contributed by atoms with Crippen molar-refractivity contribution in [2.24, 2.45) is 0 Å². The standard InChI is InChI=1S/C15H22O5/c1-15(2)7-13(17)12-5-4-11(6-14(12)20-15)19-9-10(16)8-18-3/h4-6,10,13,16-17H,7-9H2,1-3H3. The third kappa shape index (κ3) is 3.62. The summed E-state index contributed by atoms with van der Waals surface area (Å²) in [5, 5.41) is 19.7. The second-order valence-corrected chi connectivity index (χ2v) is 5.70. The lowest BCUT2D eigenvalue weighted by Gasteiger charge is -2.35. The average Bonchev–Trinajstić information content (AvgIpc) is 2.34. The molecule has 2 atom stereocenters. The molecule has 0 bridgehead atoms. The van der Waals surface area contributed by atoms with E-state index in [4.69, 9.17) is 14.2 Å². The van der Waals surface area contributed by atoms with E-state index in [0.717, 1.165) is 5.56 Å². The van der Waals surface area contributed by atoms with Crippen molar-refractivity contribution in [1.82, 2.24) is 0 Å². The summed E-state index contributed by atoms with van der Waals surface area (Å²) < 4.78 is 16.2. The fourth-order valence-corrected chi connectivity index (χ4v) is 2.32. The van der Waals surface area contributed by atoms with Crippen molar-refractivity contribution in [2.45, 2.75) is 38.1 Å². The zero-order valence-corrected chi connectivity index (χ0v) is 12.1. The Kier molecular flexibility index (Phi) is 4.52. The average molecular weight is 282 g/mol. The van der Waals surface area contributed by atoms with Crippen molar-refractivity contribution in [2.75, 3.05) is 20.3 Å². The fraction of sp³-hybridized carbons (Fsp3) is 0.600. The Hall–Kier alpha value is -1.30. The molecular formula is C15H22O5. The number of rotatable bonds is 5. The van der Waals surface area contributed by atoms with Gasteiger partial charge in [0.1, 0.15) is 29.8 Å². The summed E-state index contributed by atoms with van der Waals surface area (Å²) in [4.78, 5) is 0. The van der Waals surface area contributed by atoms with Gasteiger partial charge in [0.2, 0.25) is 0 Å². The van der Waals surface area contributed by atoms with Crippen molar-refractivity contribution in [3.8, 4) is 11.5 Å². The van der Waals surface area contributed by atoms with Crippen LogP contribution in [0.4, 0.5) is 0 Å². The molecule has 2 N–H and O–H groups in total. The maximum atomic E-state index is 10.1. The van der Waals surface area contributed by atoms with Crippen LogP contribution in [0.25, 0.3) is 0 Å². The highest BCUT2D eigenvalue weighted by atomic mass is 16.5. The second-order valence-electron chi connectivity index (χ2n) is 5.70. The van der Waals surface area contributed by atoms with Gasteiger partial charge in [0.05, 0.1) is 12.7 Å². The first-order valence-electron chi connectivity index (χ1n) is 6.72. The number of aliphatic hydroxyl groups excluding tert-OH is 2. The number of methoxy groups -OCH3 is 1. The van der Waals surface area contributed by atoms with Gasteiger partial charge in [-0.3, -0.25) is 0 Å². The van der Waals surface area contributed by atoms with E-state index in [1.165, 1.54) is 7.11 Å². The molecule has 2 rings (SSSR count). The molecule has 0 aliphatic carbocycles. The van der Waals surface area contributed by atoms with Gasteiger partial charge in [0.15, 0.2) is 0 Å². The Labute approximate surface area is 119 Å². The van der Waals surface area contributed by atoms with E-state index in [2.05, 4.69) is 0 Å². The molecule has 0 fully saturated rings. The molecule has 1 aromatic rings. The molecule has 0 aromatic heterocycles. The number of aliphatic hydroxyl groups is 2. The van der Waals surface area contributed by atoms with Gasteiger partial charge in [-0.2, -0.15) is 0 Å². The molecular weight excluding hydrogens is 260 g/mol. The van der Waals surface area contributed by atoms with Crippen molar-refractivity contribution in [1.29, 1.82) is 0 Å². The van der Waals surface area contributed by atoms with Crippen molar-refractivity contribution >= 4 is 0 Å². The molecule has 112 valence electrons. The first kappa shape index (κ1) is 15.1. The van der Waals surface area contributed by atoms with Crippen LogP contribution in [0.3, 0.4) is 0 Å². The molecule has 0 radical (unpaired) electrons. The molecule has 0 saturated carbocycles. The van der Waals surface area contributed by atoms with E-state index in [-0.39, 0.29) is 13.2 Å². The fourth-order valence-electron chi connectivity index (χ4n) is 2.32. The van der Waals surface area contributed by atoms with E-state index < -0.39 is 17.8 Å². The second kappa shape index (κ2) is 5.99. The predicted molar refractivity (Wildman–Crippen MR) is 74.1 cm³/mol. The lowest BCUT2D eigenvalue weighted by molar-refractivity contribution is 0.0106. The first-order valence-corrected chi connectivity index (χ1v) is 6.72. The van der Waals surface area contributed by atoms with Crippen LogP contribution in [0.2, 0.25) is 0 Å². The van der Waals surface area contributed by atoms with E-state index in [0.29, 0.717) is 17.9 Å². The van der Waals surface area contributed by atoms with Crippen molar-refractivity contribution in [3.63, 3.8) is 0 Å². The Bertz CT molecular complexity index is 458. The SMILES string of the molecule is COCC(O)COc1ccc2c(c1)OC(C)(C)CC2O. The first-order chi connectivity index (χ1) is 9.41. The highest BCUT2D eigenvalue weighted by Gasteiger charge is 2.32. The molecule has 5 heteroatoms. The van der Waals surface area contributed by atoms with Crippen LogP contribution in [0.15, 0.2) is 18.2 Å². The Balaban J connectivity index is 2.07. The third-order valence-corrected chi connectivity index (χ3v) is 3.22. The molecule has 1 aliphatic heterocycles. The molecule has 0 amide bonds. The highest BCUT2D eigenvalue weighted by molar-refractivity contribution is 5.43. The molecule has 2 unspecified atom stereocenters. The number of fused-ring (bicyclic) bond motifs is 1. The quantitative estimate of drug-likeness (QED) is 0.860. The predicted octanol–water partition coefficient (Wildman–Crippen LogP) is 1.67. The summed E-state index contributed by atoms with van der Waals surface area (Å²) in [7, 11) is 1.53. The number of hydrogen-bond acceptors (Lipinski definition) is 5. The topological polar surface area (TPSA) is 68.2 Å². The Morgan fingerprint density at radius 2 is 2.15 bits per heavy atom. The van der Waals surface area contributed by atoms with Crippen LogP contribution < -0.4 is 9.47 Å². The molecule has 1 aliphatic rings. The zero-order valence-electron chi connectivity index (χ0n) is 12.1. The van der Waals surface area contributed by atoms with Gasteiger partial charge in [-0.15, -0.1) is 0 Å². The lowest BCUT2D eigenvalue weighted by Crippen LogP contribution is -2.34. The molecule has 20 heavy (non-hydrogen) atoms. The van der Waals surface area contributed by atoms with Gasteiger partial charge in [-0.05, 0) is 26.0 Å². The van der Waals surface area contributed by atoms with Gasteiger partial charge in [0, 0.05) is 25.2 Å². The third-order valence-electron chi connectivity index (χ3n) is 3.22. The minimum absolute atomic E-state index is 0.151. The van der Waals surface area contributed by atoms with Crippen LogP contribution in [0.5, 0.6) is 11.5 Å². The summed E-state index contributed by atoms with van der Waals surface area (Å²) in [6.07, 6.45) is -0.631. The molecule has 1 heterocycles. The van der Waals surface area contributed by atoms with Crippen LogP contribution in [-0.4, -0.2) is 42.2 Å². The van der Waals surface area contributed by atoms with Gasteiger partial charge < -0.3 is 24.4 Å². The van der Waals surface area contributed by atoms with Crippen LogP contribution in [0, 0.1) is 0 Å². The van der Waals surface area contributed by atoms with Crippen molar-refractivity contribution < 1.29 is 24.4 Å². The van der Waals surface area contributed by atoms with E-state index in [9.17, 15) is 10.2 Å². The molecule has 0 saturated heterocycles. The Morgan fingerprint density at radius 1 is 1.40 bits per heavy atom. The maximum absolute atomic E-state index is 10.1. The number of ether oxygens (including phenoxy) is 3. The maximum Gasteiger partial charge on any atom is 0.129 e. The largest absolute Gasteiger partial charge is 0.491 e. The molecule has 5 nitrogen and oxygen atoms in total. The molecule has 0 spiro atoms. The van der Waals surface area contributed by atoms with Gasteiger partial charge in [0.25, 0.3) is 0 Å². The summed E-state index contributed by atoms with van der Waals surface area (Å²) in [6, 6.07) is 5.31. The minimum atomic E-state index is -0.668. The van der Waals surface area contributed by atoms with E-state index in [1.807, 2.05) is 13.8 Å². The number of benzene rings is 1. The highest BCUT2D eigenvalue weighted by Crippen LogP contribution is 2.40. The normalized spacial score (nSPS) is 21.8. The van der Waals surface area contributed by atoms with E-state index >= 15 is 0 Å². The minimum Gasteiger partial charge on any atom is -0.491 e. The molecule has 1 aromatic carbocycles. The monoisotopic (exact) mass is 282 g/mol. The summed E-state index contributed by atoms with van der Waals surface area (Å²) in [6.45, 7) is 4.26. The summed E-state index contributed by atoms with van der Waals surface area (Å²) in [5.74, 6) is 1.23. The number of hydrogen-bond donors (Lipinski definition) is 2. The van der Waals surface area contributed by atoms with E-state index in [1.54, 1.807) is 18.2 Å². The van der Waals surface area contributed by atoms with Gasteiger partial charge in [-0.25, -0.2) is 0 Å². The summed E-state index contributed by atoms with van der Waals surface area (Å²) in [5.41, 5.74) is 0.370. The van der Waals surface area contributed by atoms with Crippen LogP contribution in [-0.2, 0) is 4.74 Å². The summed E-state index contributed by atoms with van der Waals surface area (Å²) >= 11 is 0. The smallest absolute Gasteiger partial charge is 0.129 e. The lowest BCUT2D eigenvalue weighted by atomic mass is 9.92. The Morgan fingerprint density at radius 3 is 2.85 bits per heavy atom. The van der Waals surface area contributed by atoms with Crippen LogP contribution in [0.1, 0.15) is 31.9 Å². The zero-order chi connectivity index (χ0) is 14.8. The van der Waals surface area contributed by atoms with Gasteiger partial charge >= 0.3 is 0 Å². The van der Waals surface area contributed by atoms with Gasteiger partial charge in [-0.1, -0.05) is 0 Å². The van der Waals surface area contributed by atoms with Crippen LogP contribution >= 0.6 is 0 Å². The van der Waals surface area contributed by atoms with Crippen molar-refractivity contribution in [3.05, 3.63) is 23.8 Å².